The zero-order valence-electron chi connectivity index (χ0n) is 15.4. The van der Waals surface area contributed by atoms with Crippen LogP contribution in [0.5, 0.6) is 5.75 Å². The Bertz CT molecular complexity index is 850. The third-order valence-corrected chi connectivity index (χ3v) is 4.58. The van der Waals surface area contributed by atoms with E-state index in [0.29, 0.717) is 18.9 Å². The number of hydrogen-bond acceptors (Lipinski definition) is 6. The minimum Gasteiger partial charge on any atom is -0.507 e. The third kappa shape index (κ3) is 4.94. The minimum absolute atomic E-state index is 0.0954. The molecule has 8 heteroatoms. The number of ether oxygens (including phenoxy) is 2. The van der Waals surface area contributed by atoms with Gasteiger partial charge in [0.1, 0.15) is 11.3 Å². The van der Waals surface area contributed by atoms with Crippen molar-refractivity contribution in [2.45, 2.75) is 13.0 Å². The smallest absolute Gasteiger partial charge is 0.342 e. The zero-order chi connectivity index (χ0) is 20.1. The van der Waals surface area contributed by atoms with Crippen LogP contribution in [0.4, 0.5) is 11.4 Å². The highest BCUT2D eigenvalue weighted by molar-refractivity contribution is 6.31. The van der Waals surface area contributed by atoms with Gasteiger partial charge in [0.25, 0.3) is 5.91 Å². The predicted molar refractivity (Wildman–Crippen MR) is 106 cm³/mol. The Balaban J connectivity index is 1.57. The maximum atomic E-state index is 12.3. The van der Waals surface area contributed by atoms with Crippen molar-refractivity contribution in [3.05, 3.63) is 53.1 Å². The average molecular weight is 405 g/mol. The molecule has 1 fully saturated rings. The number of carbonyl (C=O) groups excluding carboxylic acids is 2. The van der Waals surface area contributed by atoms with Gasteiger partial charge in [-0.05, 0) is 49.4 Å². The highest BCUT2D eigenvalue weighted by Gasteiger charge is 2.21. The number of amides is 1. The highest BCUT2D eigenvalue weighted by atomic mass is 35.5. The second kappa shape index (κ2) is 8.95. The molecule has 0 radical (unpaired) electrons. The lowest BCUT2D eigenvalue weighted by Crippen LogP contribution is -2.36. The summed E-state index contributed by atoms with van der Waals surface area (Å²) in [5.41, 5.74) is 1.55. The Labute approximate surface area is 167 Å². The summed E-state index contributed by atoms with van der Waals surface area (Å²) >= 11 is 5.83. The standard InChI is InChI=1S/C20H21ClN2O5/c1-13(28-20(26)17-12-14(21)2-7-18(17)24)19(25)22-15-3-5-16(6-4-15)23-8-10-27-11-9-23/h2-7,12-13,24H,8-11H2,1H3,(H,22,25)/t13-/m0/s1. The van der Waals surface area contributed by atoms with Crippen molar-refractivity contribution in [3.63, 3.8) is 0 Å². The summed E-state index contributed by atoms with van der Waals surface area (Å²) < 4.78 is 10.5. The van der Waals surface area contributed by atoms with Gasteiger partial charge in [-0.25, -0.2) is 4.79 Å². The number of nitrogens with one attached hydrogen (secondary N) is 1. The Kier molecular flexibility index (Phi) is 6.38. The summed E-state index contributed by atoms with van der Waals surface area (Å²) in [5, 5.41) is 12.7. The summed E-state index contributed by atoms with van der Waals surface area (Å²) in [6.45, 7) is 4.51. The van der Waals surface area contributed by atoms with Crippen molar-refractivity contribution in [3.8, 4) is 5.75 Å². The average Bonchev–Trinajstić information content (AvgIpc) is 2.71. The summed E-state index contributed by atoms with van der Waals surface area (Å²) in [5.74, 6) is -1.57. The molecular formula is C20H21ClN2O5. The number of nitrogens with zero attached hydrogens (tertiary/aromatic N) is 1. The molecule has 1 saturated heterocycles. The lowest BCUT2D eigenvalue weighted by molar-refractivity contribution is -0.123. The van der Waals surface area contributed by atoms with Gasteiger partial charge in [0.05, 0.1) is 13.2 Å². The first-order chi connectivity index (χ1) is 13.4. The molecule has 1 amide bonds. The van der Waals surface area contributed by atoms with Gasteiger partial charge in [-0.15, -0.1) is 0 Å². The quantitative estimate of drug-likeness (QED) is 0.744. The summed E-state index contributed by atoms with van der Waals surface area (Å²) in [6, 6.07) is 11.4. The number of esters is 1. The molecule has 2 aromatic rings. The van der Waals surface area contributed by atoms with Crippen molar-refractivity contribution in [2.24, 2.45) is 0 Å². The Morgan fingerprint density at radius 2 is 1.86 bits per heavy atom. The van der Waals surface area contributed by atoms with Crippen molar-refractivity contribution >= 4 is 34.9 Å². The predicted octanol–water partition coefficient (Wildman–Crippen LogP) is 3.07. The first kappa shape index (κ1) is 20.0. The van der Waals surface area contributed by atoms with Crippen molar-refractivity contribution in [1.82, 2.24) is 0 Å². The van der Waals surface area contributed by atoms with Crippen molar-refractivity contribution < 1.29 is 24.2 Å². The van der Waals surface area contributed by atoms with Gasteiger partial charge >= 0.3 is 5.97 Å². The van der Waals surface area contributed by atoms with Gasteiger partial charge < -0.3 is 24.8 Å². The van der Waals surface area contributed by atoms with E-state index in [2.05, 4.69) is 10.2 Å². The summed E-state index contributed by atoms with van der Waals surface area (Å²) in [6.07, 6.45) is -1.05. The molecule has 28 heavy (non-hydrogen) atoms. The molecule has 0 aliphatic carbocycles. The summed E-state index contributed by atoms with van der Waals surface area (Å²) in [4.78, 5) is 26.7. The molecule has 0 aromatic heterocycles. The lowest BCUT2D eigenvalue weighted by atomic mass is 10.2. The number of aromatic hydroxyl groups is 1. The molecule has 0 unspecified atom stereocenters. The number of rotatable bonds is 5. The van der Waals surface area contributed by atoms with E-state index in [1.54, 1.807) is 12.1 Å². The maximum Gasteiger partial charge on any atom is 0.342 e. The van der Waals surface area contributed by atoms with E-state index in [1.807, 2.05) is 12.1 Å². The monoisotopic (exact) mass is 404 g/mol. The Morgan fingerprint density at radius 3 is 2.54 bits per heavy atom. The molecule has 2 aromatic carbocycles. The molecule has 0 saturated carbocycles. The van der Waals surface area contributed by atoms with Crippen molar-refractivity contribution in [1.29, 1.82) is 0 Å². The first-order valence-corrected chi connectivity index (χ1v) is 9.25. The zero-order valence-corrected chi connectivity index (χ0v) is 16.1. The van der Waals surface area contributed by atoms with E-state index >= 15 is 0 Å². The third-order valence-electron chi connectivity index (χ3n) is 4.34. The number of halogens is 1. The van der Waals surface area contributed by atoms with Crippen molar-refractivity contribution in [2.75, 3.05) is 36.5 Å². The Morgan fingerprint density at radius 1 is 1.18 bits per heavy atom. The molecule has 1 atom stereocenters. The molecule has 0 bridgehead atoms. The van der Waals surface area contributed by atoms with Crippen LogP contribution in [0.3, 0.4) is 0 Å². The molecule has 1 heterocycles. The molecule has 0 spiro atoms. The number of phenolic OH excluding ortho intramolecular Hbond substituents is 1. The van der Waals surface area contributed by atoms with Gasteiger partial charge in [-0.1, -0.05) is 11.6 Å². The van der Waals surface area contributed by atoms with Crippen LogP contribution < -0.4 is 10.2 Å². The van der Waals surface area contributed by atoms with Gasteiger partial charge in [0.15, 0.2) is 6.10 Å². The Hall–Kier alpha value is -2.77. The molecule has 3 rings (SSSR count). The van der Waals surface area contributed by atoms with E-state index in [1.165, 1.54) is 25.1 Å². The van der Waals surface area contributed by atoms with Crippen LogP contribution in [0.2, 0.25) is 5.02 Å². The van der Waals surface area contributed by atoms with E-state index < -0.39 is 18.0 Å². The van der Waals surface area contributed by atoms with Crippen LogP contribution in [-0.4, -0.2) is 49.4 Å². The number of carbonyl (C=O) groups is 2. The van der Waals surface area contributed by atoms with Crippen LogP contribution >= 0.6 is 11.6 Å². The second-order valence-corrected chi connectivity index (χ2v) is 6.78. The molecule has 1 aliphatic rings. The van der Waals surface area contributed by atoms with E-state index in [4.69, 9.17) is 21.1 Å². The van der Waals surface area contributed by atoms with E-state index in [9.17, 15) is 14.7 Å². The largest absolute Gasteiger partial charge is 0.507 e. The number of benzene rings is 2. The van der Waals surface area contributed by atoms with Crippen LogP contribution in [0, 0.1) is 0 Å². The van der Waals surface area contributed by atoms with Crippen LogP contribution in [0.1, 0.15) is 17.3 Å². The molecule has 7 nitrogen and oxygen atoms in total. The number of hydrogen-bond donors (Lipinski definition) is 2. The molecule has 148 valence electrons. The normalized spacial score (nSPS) is 15.0. The van der Waals surface area contributed by atoms with E-state index in [0.717, 1.165) is 18.8 Å². The molecule has 1 aliphatic heterocycles. The summed E-state index contributed by atoms with van der Waals surface area (Å²) in [7, 11) is 0. The minimum atomic E-state index is -1.05. The van der Waals surface area contributed by atoms with Crippen LogP contribution in [0.15, 0.2) is 42.5 Å². The van der Waals surface area contributed by atoms with Gasteiger partial charge in [0.2, 0.25) is 0 Å². The van der Waals surface area contributed by atoms with E-state index in [-0.39, 0.29) is 16.3 Å². The molecular weight excluding hydrogens is 384 g/mol. The fraction of sp³-hybridized carbons (Fsp3) is 0.300. The number of phenols is 1. The first-order valence-electron chi connectivity index (χ1n) is 8.87. The molecule has 2 N–H and O–H groups in total. The van der Waals surface area contributed by atoms with Gasteiger partial charge in [-0.2, -0.15) is 0 Å². The lowest BCUT2D eigenvalue weighted by Gasteiger charge is -2.28. The number of morpholine rings is 1. The second-order valence-electron chi connectivity index (χ2n) is 6.34. The highest BCUT2D eigenvalue weighted by Crippen LogP contribution is 2.23. The topological polar surface area (TPSA) is 88.1 Å². The van der Waals surface area contributed by atoms with Gasteiger partial charge in [0, 0.05) is 29.5 Å². The van der Waals surface area contributed by atoms with Gasteiger partial charge in [-0.3, -0.25) is 4.79 Å². The van der Waals surface area contributed by atoms with Crippen LogP contribution in [0.25, 0.3) is 0 Å². The number of anilines is 2. The fourth-order valence-corrected chi connectivity index (χ4v) is 2.94. The maximum absolute atomic E-state index is 12.3. The fourth-order valence-electron chi connectivity index (χ4n) is 2.77. The SMILES string of the molecule is C[C@H](OC(=O)c1cc(Cl)ccc1O)C(=O)Nc1ccc(N2CCOCC2)cc1. The van der Waals surface area contributed by atoms with Crippen LogP contribution in [-0.2, 0) is 14.3 Å².